The van der Waals surface area contributed by atoms with Gasteiger partial charge in [-0.15, -0.1) is 11.3 Å². The molecule has 1 aromatic heterocycles. The number of halogens is 1. The van der Waals surface area contributed by atoms with E-state index in [2.05, 4.69) is 23.3 Å². The lowest BCUT2D eigenvalue weighted by Gasteiger charge is -2.29. The average Bonchev–Trinajstić information content (AvgIpc) is 2.99. The lowest BCUT2D eigenvalue weighted by molar-refractivity contribution is 0.0828. The molecule has 0 aliphatic carbocycles. The van der Waals surface area contributed by atoms with Gasteiger partial charge in [-0.2, -0.15) is 0 Å². The van der Waals surface area contributed by atoms with Crippen LogP contribution in [-0.4, -0.2) is 23.8 Å². The van der Waals surface area contributed by atoms with Gasteiger partial charge in [-0.3, -0.25) is 9.69 Å². The third kappa shape index (κ3) is 3.29. The van der Waals surface area contributed by atoms with E-state index in [1.54, 1.807) is 35.6 Å². The van der Waals surface area contributed by atoms with Crippen LogP contribution >= 0.6 is 22.9 Å². The summed E-state index contributed by atoms with van der Waals surface area (Å²) < 4.78 is 0. The summed E-state index contributed by atoms with van der Waals surface area (Å²) in [5.74, 6) is 0.118. The van der Waals surface area contributed by atoms with Crippen LogP contribution in [0.5, 0.6) is 0 Å². The van der Waals surface area contributed by atoms with Crippen molar-refractivity contribution in [2.45, 2.75) is 25.9 Å². The lowest BCUT2D eigenvalue weighted by atomic mass is 10.0. The van der Waals surface area contributed by atoms with E-state index in [0.717, 1.165) is 0 Å². The quantitative estimate of drug-likeness (QED) is 0.748. The number of likely N-dealkylation sites (N-methyl/N-ethyl adjacent to an activating group) is 1. The first-order valence-corrected chi connectivity index (χ1v) is 7.81. The molecule has 2 nitrogen and oxygen atoms in total. The van der Waals surface area contributed by atoms with Crippen molar-refractivity contribution >= 4 is 28.7 Å². The molecule has 0 spiro atoms. The fourth-order valence-corrected chi connectivity index (χ4v) is 3.07. The number of ketones is 1. The van der Waals surface area contributed by atoms with Crippen molar-refractivity contribution in [3.8, 4) is 0 Å². The minimum Gasteiger partial charge on any atom is -0.292 e. The average molecular weight is 308 g/mol. The van der Waals surface area contributed by atoms with E-state index in [4.69, 9.17) is 11.6 Å². The Hall–Kier alpha value is -1.16. The minimum absolute atomic E-state index is 0.118. The van der Waals surface area contributed by atoms with E-state index >= 15 is 0 Å². The van der Waals surface area contributed by atoms with Crippen molar-refractivity contribution in [2.75, 3.05) is 7.05 Å². The Bertz CT molecular complexity index is 565. The van der Waals surface area contributed by atoms with Crippen LogP contribution in [0.15, 0.2) is 41.8 Å². The highest BCUT2D eigenvalue weighted by atomic mass is 35.5. The second-order valence-corrected chi connectivity index (χ2v) is 6.32. The third-order valence-electron chi connectivity index (χ3n) is 3.68. The normalized spacial score (nSPS) is 14.2. The molecular formula is C16H18ClNOS. The number of carbonyl (C=O) groups is 1. The van der Waals surface area contributed by atoms with Gasteiger partial charge in [0.05, 0.1) is 6.04 Å². The lowest BCUT2D eigenvalue weighted by Crippen LogP contribution is -2.37. The van der Waals surface area contributed by atoms with Crippen molar-refractivity contribution in [3.63, 3.8) is 0 Å². The van der Waals surface area contributed by atoms with Gasteiger partial charge in [0.2, 0.25) is 0 Å². The maximum atomic E-state index is 12.5. The van der Waals surface area contributed by atoms with Gasteiger partial charge in [0.25, 0.3) is 0 Å². The molecule has 0 radical (unpaired) electrons. The Kier molecular flexibility index (Phi) is 4.97. The molecule has 2 aromatic rings. The molecule has 4 heteroatoms. The first kappa shape index (κ1) is 15.2. The molecule has 0 aliphatic heterocycles. The fraction of sp³-hybridized carbons (Fsp3) is 0.312. The molecular weight excluding hydrogens is 290 g/mol. The number of nitrogens with zero attached hydrogens (tertiary/aromatic N) is 1. The van der Waals surface area contributed by atoms with Gasteiger partial charge in [0.1, 0.15) is 0 Å². The highest BCUT2D eigenvalue weighted by molar-refractivity contribution is 7.10. The van der Waals surface area contributed by atoms with Crippen molar-refractivity contribution in [1.29, 1.82) is 0 Å². The van der Waals surface area contributed by atoms with E-state index in [0.29, 0.717) is 10.6 Å². The molecule has 0 saturated heterocycles. The highest BCUT2D eigenvalue weighted by Gasteiger charge is 2.24. The molecule has 0 aliphatic rings. The SMILES string of the molecule is CC(C(=O)c1ccc(Cl)cc1)N(C)C(C)c1cccs1. The van der Waals surface area contributed by atoms with Crippen molar-refractivity contribution in [2.24, 2.45) is 0 Å². The van der Waals surface area contributed by atoms with Crippen molar-refractivity contribution < 1.29 is 4.79 Å². The Balaban J connectivity index is 2.12. The zero-order valence-corrected chi connectivity index (χ0v) is 13.4. The summed E-state index contributed by atoms with van der Waals surface area (Å²) in [5.41, 5.74) is 0.701. The number of carbonyl (C=O) groups excluding carboxylic acids is 1. The van der Waals surface area contributed by atoms with E-state index in [1.807, 2.05) is 20.0 Å². The Labute approximate surface area is 129 Å². The van der Waals surface area contributed by atoms with Crippen LogP contribution in [-0.2, 0) is 0 Å². The first-order chi connectivity index (χ1) is 9.50. The van der Waals surface area contributed by atoms with Gasteiger partial charge in [-0.1, -0.05) is 17.7 Å². The molecule has 2 rings (SSSR count). The number of benzene rings is 1. The molecule has 106 valence electrons. The standard InChI is InChI=1S/C16H18ClNOS/c1-11(15-5-4-10-20-15)18(3)12(2)16(19)13-6-8-14(17)9-7-13/h4-12H,1-3H3. The second kappa shape index (κ2) is 6.53. The molecule has 1 heterocycles. The summed E-state index contributed by atoms with van der Waals surface area (Å²) in [6, 6.07) is 11.3. The summed E-state index contributed by atoms with van der Waals surface area (Å²) in [7, 11) is 1.99. The number of hydrogen-bond donors (Lipinski definition) is 0. The summed E-state index contributed by atoms with van der Waals surface area (Å²) in [5, 5.41) is 2.71. The summed E-state index contributed by atoms with van der Waals surface area (Å²) in [6.45, 7) is 4.07. The summed E-state index contributed by atoms with van der Waals surface area (Å²) in [6.07, 6.45) is 0. The maximum Gasteiger partial charge on any atom is 0.179 e. The monoisotopic (exact) mass is 307 g/mol. The van der Waals surface area contributed by atoms with Crippen LogP contribution in [0.3, 0.4) is 0 Å². The molecule has 20 heavy (non-hydrogen) atoms. The Morgan fingerprint density at radius 1 is 1.20 bits per heavy atom. The van der Waals surface area contributed by atoms with Crippen LogP contribution in [0.1, 0.15) is 35.1 Å². The zero-order chi connectivity index (χ0) is 14.7. The molecule has 2 unspecified atom stereocenters. The van der Waals surface area contributed by atoms with E-state index in [9.17, 15) is 4.79 Å². The second-order valence-electron chi connectivity index (χ2n) is 4.90. The number of Topliss-reactive ketones (excluding diaryl/α,β-unsaturated/α-hetero) is 1. The molecule has 0 saturated carbocycles. The fourth-order valence-electron chi connectivity index (χ4n) is 2.11. The van der Waals surface area contributed by atoms with Crippen LogP contribution in [0, 0.1) is 0 Å². The zero-order valence-electron chi connectivity index (χ0n) is 11.8. The molecule has 0 bridgehead atoms. The maximum absolute atomic E-state index is 12.5. The number of hydrogen-bond acceptors (Lipinski definition) is 3. The Morgan fingerprint density at radius 3 is 2.40 bits per heavy atom. The van der Waals surface area contributed by atoms with Gasteiger partial charge in [-0.05, 0) is 56.6 Å². The van der Waals surface area contributed by atoms with E-state index in [-0.39, 0.29) is 17.9 Å². The van der Waals surface area contributed by atoms with E-state index < -0.39 is 0 Å². The molecule has 2 atom stereocenters. The predicted molar refractivity (Wildman–Crippen MR) is 85.7 cm³/mol. The van der Waals surface area contributed by atoms with Gasteiger partial charge in [0.15, 0.2) is 5.78 Å². The van der Waals surface area contributed by atoms with Gasteiger partial charge in [0, 0.05) is 21.5 Å². The van der Waals surface area contributed by atoms with Gasteiger partial charge in [-0.25, -0.2) is 0 Å². The summed E-state index contributed by atoms with van der Waals surface area (Å²) >= 11 is 7.57. The molecule has 0 amide bonds. The smallest absolute Gasteiger partial charge is 0.179 e. The molecule has 1 aromatic carbocycles. The topological polar surface area (TPSA) is 20.3 Å². The third-order valence-corrected chi connectivity index (χ3v) is 4.98. The largest absolute Gasteiger partial charge is 0.292 e. The number of rotatable bonds is 5. The van der Waals surface area contributed by atoms with Crippen LogP contribution in [0.4, 0.5) is 0 Å². The molecule has 0 N–H and O–H groups in total. The predicted octanol–water partition coefficient (Wildman–Crippen LogP) is 4.67. The Morgan fingerprint density at radius 2 is 1.85 bits per heavy atom. The van der Waals surface area contributed by atoms with Crippen molar-refractivity contribution in [3.05, 3.63) is 57.2 Å². The highest BCUT2D eigenvalue weighted by Crippen LogP contribution is 2.26. The molecule has 0 fully saturated rings. The van der Waals surface area contributed by atoms with Crippen LogP contribution in [0.25, 0.3) is 0 Å². The summed E-state index contributed by atoms with van der Waals surface area (Å²) in [4.78, 5) is 15.9. The minimum atomic E-state index is -0.173. The van der Waals surface area contributed by atoms with E-state index in [1.165, 1.54) is 4.88 Å². The van der Waals surface area contributed by atoms with Gasteiger partial charge >= 0.3 is 0 Å². The van der Waals surface area contributed by atoms with Gasteiger partial charge < -0.3 is 0 Å². The van der Waals surface area contributed by atoms with Crippen LogP contribution in [0.2, 0.25) is 5.02 Å². The first-order valence-electron chi connectivity index (χ1n) is 6.56. The van der Waals surface area contributed by atoms with Crippen LogP contribution < -0.4 is 0 Å². The number of thiophene rings is 1. The van der Waals surface area contributed by atoms with Crippen molar-refractivity contribution in [1.82, 2.24) is 4.90 Å².